The Morgan fingerprint density at radius 3 is 2.35 bits per heavy atom. The molecule has 1 aliphatic rings. The zero-order valence-corrected chi connectivity index (χ0v) is 18.8. The maximum Gasteiger partial charge on any atom is 0.241 e. The maximum absolute atomic E-state index is 12.8. The molecule has 0 heterocycles. The van der Waals surface area contributed by atoms with Gasteiger partial charge in [-0.05, 0) is 55.5 Å². The summed E-state index contributed by atoms with van der Waals surface area (Å²) in [6, 6.07) is 12.8. The van der Waals surface area contributed by atoms with Gasteiger partial charge in [-0.15, -0.1) is 0 Å². The number of hydrogen-bond acceptors (Lipinski definition) is 4. The lowest BCUT2D eigenvalue weighted by Gasteiger charge is -2.22. The number of hydrogen-bond donors (Lipinski definition) is 3. The Morgan fingerprint density at radius 2 is 1.74 bits per heavy atom. The van der Waals surface area contributed by atoms with Crippen LogP contribution in [0.3, 0.4) is 0 Å². The molecule has 31 heavy (non-hydrogen) atoms. The minimum atomic E-state index is -3.83. The molecule has 2 aromatic rings. The second kappa shape index (κ2) is 9.62. The highest BCUT2D eigenvalue weighted by Gasteiger charge is 2.30. The van der Waals surface area contributed by atoms with Gasteiger partial charge in [-0.1, -0.05) is 43.7 Å². The molecule has 1 atom stereocenters. The summed E-state index contributed by atoms with van der Waals surface area (Å²) < 4.78 is 28.0. The molecular formula is C23H29N3O4S. The number of carbonyl (C=O) groups excluding carboxylic acids is 2. The van der Waals surface area contributed by atoms with E-state index in [1.807, 2.05) is 19.1 Å². The third kappa shape index (κ3) is 6.38. The van der Waals surface area contributed by atoms with Crippen molar-refractivity contribution in [3.05, 3.63) is 59.7 Å². The van der Waals surface area contributed by atoms with Crippen LogP contribution >= 0.6 is 0 Å². The Hall–Kier alpha value is -2.71. The van der Waals surface area contributed by atoms with Crippen LogP contribution in [-0.2, 0) is 26.2 Å². The summed E-state index contributed by atoms with van der Waals surface area (Å²) in [5, 5.41) is 5.68. The molecule has 0 aromatic heterocycles. The Morgan fingerprint density at radius 1 is 1.06 bits per heavy atom. The SMILES string of the molecule is Cc1ccc(S(=O)(=O)N[C@H](C(=O)NCc2cccc(NC(=O)C3CC3)c2)C(C)C)cc1. The average molecular weight is 444 g/mol. The molecule has 1 aliphatic carbocycles. The number of carbonyl (C=O) groups is 2. The first-order valence-corrected chi connectivity index (χ1v) is 11.9. The molecule has 2 amide bonds. The van der Waals surface area contributed by atoms with E-state index in [2.05, 4.69) is 15.4 Å². The molecule has 0 unspecified atom stereocenters. The average Bonchev–Trinajstić information content (AvgIpc) is 3.56. The summed E-state index contributed by atoms with van der Waals surface area (Å²) in [6.45, 7) is 5.67. The minimum Gasteiger partial charge on any atom is -0.351 e. The summed E-state index contributed by atoms with van der Waals surface area (Å²) >= 11 is 0. The van der Waals surface area contributed by atoms with Crippen LogP contribution in [0.2, 0.25) is 0 Å². The van der Waals surface area contributed by atoms with Crippen LogP contribution in [0.5, 0.6) is 0 Å². The van der Waals surface area contributed by atoms with Crippen molar-refractivity contribution in [3.8, 4) is 0 Å². The van der Waals surface area contributed by atoms with Crippen LogP contribution in [0.25, 0.3) is 0 Å². The smallest absolute Gasteiger partial charge is 0.241 e. The molecular weight excluding hydrogens is 414 g/mol. The van der Waals surface area contributed by atoms with Gasteiger partial charge in [0.25, 0.3) is 0 Å². The number of rotatable bonds is 9. The first-order valence-electron chi connectivity index (χ1n) is 10.4. The standard InChI is InChI=1S/C23H29N3O4S/c1-15(2)21(26-31(29,30)20-11-7-16(3)8-12-20)23(28)24-14-17-5-4-6-19(13-17)25-22(27)18-9-10-18/h4-8,11-13,15,18,21,26H,9-10,14H2,1-3H3,(H,24,28)(H,25,27)/t21-/m0/s1. The molecule has 2 aromatic carbocycles. The third-order valence-electron chi connectivity index (χ3n) is 5.17. The first kappa shape index (κ1) is 23.0. The van der Waals surface area contributed by atoms with Crippen LogP contribution in [0.15, 0.2) is 53.4 Å². The molecule has 1 fully saturated rings. The van der Waals surface area contributed by atoms with Crippen molar-refractivity contribution in [2.24, 2.45) is 11.8 Å². The summed E-state index contributed by atoms with van der Waals surface area (Å²) in [5.74, 6) is -0.522. The zero-order chi connectivity index (χ0) is 22.6. The molecule has 0 spiro atoms. The lowest BCUT2D eigenvalue weighted by Crippen LogP contribution is -2.49. The molecule has 0 radical (unpaired) electrons. The van der Waals surface area contributed by atoms with Gasteiger partial charge >= 0.3 is 0 Å². The predicted molar refractivity (Wildman–Crippen MR) is 120 cm³/mol. The van der Waals surface area contributed by atoms with Crippen LogP contribution in [-0.4, -0.2) is 26.3 Å². The fourth-order valence-corrected chi connectivity index (χ4v) is 4.44. The molecule has 0 bridgehead atoms. The highest BCUT2D eigenvalue weighted by Crippen LogP contribution is 2.30. The fourth-order valence-electron chi connectivity index (χ4n) is 3.09. The van der Waals surface area contributed by atoms with Crippen LogP contribution < -0.4 is 15.4 Å². The van der Waals surface area contributed by atoms with Crippen LogP contribution in [0.1, 0.15) is 37.8 Å². The van der Waals surface area contributed by atoms with E-state index in [9.17, 15) is 18.0 Å². The normalized spacial score (nSPS) is 14.8. The Balaban J connectivity index is 1.63. The number of sulfonamides is 1. The van der Waals surface area contributed by atoms with Crippen molar-refractivity contribution < 1.29 is 18.0 Å². The summed E-state index contributed by atoms with van der Waals surface area (Å²) in [4.78, 5) is 24.8. The van der Waals surface area contributed by atoms with E-state index in [0.717, 1.165) is 24.0 Å². The monoisotopic (exact) mass is 443 g/mol. The molecule has 0 saturated heterocycles. The molecule has 0 aliphatic heterocycles. The van der Waals surface area contributed by atoms with Gasteiger partial charge in [-0.3, -0.25) is 9.59 Å². The summed E-state index contributed by atoms with van der Waals surface area (Å²) in [5.41, 5.74) is 2.45. The molecule has 7 nitrogen and oxygen atoms in total. The number of nitrogens with one attached hydrogen (secondary N) is 3. The van der Waals surface area contributed by atoms with Crippen molar-refractivity contribution in [2.75, 3.05) is 5.32 Å². The van der Waals surface area contributed by atoms with E-state index in [-0.39, 0.29) is 29.2 Å². The number of aryl methyl sites for hydroxylation is 1. The van der Waals surface area contributed by atoms with Crippen molar-refractivity contribution >= 4 is 27.5 Å². The largest absolute Gasteiger partial charge is 0.351 e. The lowest BCUT2D eigenvalue weighted by atomic mass is 10.0. The quantitative estimate of drug-likeness (QED) is 0.554. The Kier molecular flexibility index (Phi) is 7.12. The second-order valence-electron chi connectivity index (χ2n) is 8.34. The van der Waals surface area contributed by atoms with Gasteiger partial charge < -0.3 is 10.6 Å². The summed E-state index contributed by atoms with van der Waals surface area (Å²) in [7, 11) is -3.83. The van der Waals surface area contributed by atoms with E-state index in [0.29, 0.717) is 5.69 Å². The fraction of sp³-hybridized carbons (Fsp3) is 0.391. The Bertz CT molecular complexity index is 1040. The molecule has 3 N–H and O–H groups in total. The van der Waals surface area contributed by atoms with Crippen LogP contribution in [0, 0.1) is 18.8 Å². The van der Waals surface area contributed by atoms with Crippen LogP contribution in [0.4, 0.5) is 5.69 Å². The Labute approximate surface area is 183 Å². The maximum atomic E-state index is 12.8. The number of anilines is 1. The molecule has 8 heteroatoms. The van der Waals surface area contributed by atoms with Gasteiger partial charge in [0.2, 0.25) is 21.8 Å². The minimum absolute atomic E-state index is 0.0200. The number of amides is 2. The van der Waals surface area contributed by atoms with E-state index in [1.165, 1.54) is 12.1 Å². The van der Waals surface area contributed by atoms with Crippen molar-refractivity contribution in [3.63, 3.8) is 0 Å². The van der Waals surface area contributed by atoms with E-state index < -0.39 is 22.0 Å². The van der Waals surface area contributed by atoms with Crippen molar-refractivity contribution in [1.29, 1.82) is 0 Å². The van der Waals surface area contributed by atoms with Gasteiger partial charge in [0.05, 0.1) is 4.90 Å². The summed E-state index contributed by atoms with van der Waals surface area (Å²) in [6.07, 6.45) is 1.85. The highest BCUT2D eigenvalue weighted by atomic mass is 32.2. The second-order valence-corrected chi connectivity index (χ2v) is 10.1. The highest BCUT2D eigenvalue weighted by molar-refractivity contribution is 7.89. The number of benzene rings is 2. The third-order valence-corrected chi connectivity index (χ3v) is 6.63. The van der Waals surface area contributed by atoms with E-state index >= 15 is 0 Å². The first-order chi connectivity index (χ1) is 14.7. The lowest BCUT2D eigenvalue weighted by molar-refractivity contribution is -0.123. The van der Waals surface area contributed by atoms with Gasteiger partial charge in [0.15, 0.2) is 0 Å². The van der Waals surface area contributed by atoms with Crippen molar-refractivity contribution in [1.82, 2.24) is 10.0 Å². The topological polar surface area (TPSA) is 104 Å². The molecule has 3 rings (SSSR count). The van der Waals surface area contributed by atoms with E-state index in [1.54, 1.807) is 38.1 Å². The molecule has 166 valence electrons. The molecule has 1 saturated carbocycles. The van der Waals surface area contributed by atoms with Crippen molar-refractivity contribution in [2.45, 2.75) is 51.1 Å². The van der Waals surface area contributed by atoms with Gasteiger partial charge in [-0.25, -0.2) is 8.42 Å². The van der Waals surface area contributed by atoms with Gasteiger partial charge in [0, 0.05) is 18.2 Å². The van der Waals surface area contributed by atoms with Gasteiger partial charge in [-0.2, -0.15) is 4.72 Å². The van der Waals surface area contributed by atoms with E-state index in [4.69, 9.17) is 0 Å². The predicted octanol–water partition coefficient (Wildman–Crippen LogP) is 2.96. The van der Waals surface area contributed by atoms with Gasteiger partial charge in [0.1, 0.15) is 6.04 Å². The zero-order valence-electron chi connectivity index (χ0n) is 18.0.